The lowest BCUT2D eigenvalue weighted by Crippen LogP contribution is -2.00. The zero-order chi connectivity index (χ0) is 10.7. The Balaban J connectivity index is 3.24. The lowest BCUT2D eigenvalue weighted by Gasteiger charge is -2.09. The van der Waals surface area contributed by atoms with E-state index >= 15 is 0 Å². The average Bonchev–Trinajstić information content (AvgIpc) is 2.11. The molecule has 1 aromatic rings. The van der Waals surface area contributed by atoms with Crippen LogP contribution in [0.15, 0.2) is 12.1 Å². The SMILES string of the molecule is CCOc1cc(Cl)c(O)cc1C(C)=O. The van der Waals surface area contributed by atoms with Crippen molar-refractivity contribution in [2.75, 3.05) is 6.61 Å². The normalized spacial score (nSPS) is 9.93. The monoisotopic (exact) mass is 214 g/mol. The van der Waals surface area contributed by atoms with E-state index in [1.54, 1.807) is 0 Å². The summed E-state index contributed by atoms with van der Waals surface area (Å²) in [7, 11) is 0. The van der Waals surface area contributed by atoms with Crippen LogP contribution in [0, 0.1) is 0 Å². The van der Waals surface area contributed by atoms with Crippen molar-refractivity contribution in [1.29, 1.82) is 0 Å². The summed E-state index contributed by atoms with van der Waals surface area (Å²) >= 11 is 5.68. The van der Waals surface area contributed by atoms with Crippen LogP contribution >= 0.6 is 11.6 Å². The number of hydrogen-bond acceptors (Lipinski definition) is 3. The number of phenols is 1. The summed E-state index contributed by atoms with van der Waals surface area (Å²) in [4.78, 5) is 11.2. The Labute approximate surface area is 87.3 Å². The van der Waals surface area contributed by atoms with Crippen molar-refractivity contribution in [3.63, 3.8) is 0 Å². The van der Waals surface area contributed by atoms with Gasteiger partial charge in [-0.05, 0) is 19.9 Å². The molecule has 0 fully saturated rings. The second kappa shape index (κ2) is 4.33. The molecule has 0 aliphatic heterocycles. The third kappa shape index (κ3) is 2.17. The van der Waals surface area contributed by atoms with Crippen LogP contribution in [-0.4, -0.2) is 17.5 Å². The van der Waals surface area contributed by atoms with Crippen LogP contribution in [-0.2, 0) is 0 Å². The van der Waals surface area contributed by atoms with Gasteiger partial charge in [-0.15, -0.1) is 0 Å². The molecule has 0 saturated carbocycles. The number of benzene rings is 1. The molecule has 14 heavy (non-hydrogen) atoms. The highest BCUT2D eigenvalue weighted by molar-refractivity contribution is 6.32. The Morgan fingerprint density at radius 1 is 1.57 bits per heavy atom. The predicted octanol–water partition coefficient (Wildman–Crippen LogP) is 2.65. The van der Waals surface area contributed by atoms with Crippen molar-refractivity contribution in [2.24, 2.45) is 0 Å². The first-order valence-corrected chi connectivity index (χ1v) is 4.60. The van der Waals surface area contributed by atoms with Crippen molar-refractivity contribution in [3.8, 4) is 11.5 Å². The Bertz CT molecular complexity index is 361. The molecule has 0 radical (unpaired) electrons. The smallest absolute Gasteiger partial charge is 0.163 e. The maximum Gasteiger partial charge on any atom is 0.163 e. The van der Waals surface area contributed by atoms with E-state index in [-0.39, 0.29) is 16.6 Å². The zero-order valence-electron chi connectivity index (χ0n) is 8.00. The highest BCUT2D eigenvalue weighted by Gasteiger charge is 2.12. The van der Waals surface area contributed by atoms with Gasteiger partial charge in [-0.3, -0.25) is 4.79 Å². The quantitative estimate of drug-likeness (QED) is 0.787. The Morgan fingerprint density at radius 2 is 2.21 bits per heavy atom. The van der Waals surface area contributed by atoms with Crippen molar-refractivity contribution in [1.82, 2.24) is 0 Å². The van der Waals surface area contributed by atoms with E-state index in [2.05, 4.69) is 0 Å². The molecule has 0 amide bonds. The van der Waals surface area contributed by atoms with Crippen LogP contribution in [0.4, 0.5) is 0 Å². The van der Waals surface area contributed by atoms with Gasteiger partial charge in [-0.25, -0.2) is 0 Å². The number of rotatable bonds is 3. The van der Waals surface area contributed by atoms with E-state index in [0.717, 1.165) is 0 Å². The molecule has 0 saturated heterocycles. The highest BCUT2D eigenvalue weighted by Crippen LogP contribution is 2.31. The minimum atomic E-state index is -0.166. The van der Waals surface area contributed by atoms with E-state index in [9.17, 15) is 9.90 Å². The van der Waals surface area contributed by atoms with E-state index in [1.807, 2.05) is 6.92 Å². The fourth-order valence-corrected chi connectivity index (χ4v) is 1.25. The maximum atomic E-state index is 11.2. The molecule has 0 aromatic heterocycles. The summed E-state index contributed by atoms with van der Waals surface area (Å²) in [5, 5.41) is 9.48. The second-order valence-corrected chi connectivity index (χ2v) is 3.20. The van der Waals surface area contributed by atoms with Gasteiger partial charge in [0, 0.05) is 6.07 Å². The molecular formula is C10H11ClO3. The van der Waals surface area contributed by atoms with Gasteiger partial charge in [0.25, 0.3) is 0 Å². The number of Topliss-reactive ketones (excluding diaryl/α,β-unsaturated/α-hetero) is 1. The van der Waals surface area contributed by atoms with E-state index in [4.69, 9.17) is 16.3 Å². The Hall–Kier alpha value is -1.22. The largest absolute Gasteiger partial charge is 0.506 e. The molecule has 0 heterocycles. The van der Waals surface area contributed by atoms with Gasteiger partial charge in [0.1, 0.15) is 11.5 Å². The molecule has 0 spiro atoms. The minimum absolute atomic E-state index is 0.111. The lowest BCUT2D eigenvalue weighted by molar-refractivity contribution is 0.101. The summed E-state index contributed by atoms with van der Waals surface area (Å²) in [6.45, 7) is 3.66. The Morgan fingerprint density at radius 3 is 2.71 bits per heavy atom. The minimum Gasteiger partial charge on any atom is -0.506 e. The van der Waals surface area contributed by atoms with Gasteiger partial charge in [0.15, 0.2) is 5.78 Å². The van der Waals surface area contributed by atoms with Crippen LogP contribution in [0.1, 0.15) is 24.2 Å². The average molecular weight is 215 g/mol. The molecule has 0 unspecified atom stereocenters. The number of carbonyl (C=O) groups is 1. The van der Waals surface area contributed by atoms with Crippen molar-refractivity contribution in [2.45, 2.75) is 13.8 Å². The van der Waals surface area contributed by atoms with Crippen LogP contribution in [0.25, 0.3) is 0 Å². The number of phenolic OH excluding ortho intramolecular Hbond substituents is 1. The van der Waals surface area contributed by atoms with Gasteiger partial charge in [-0.2, -0.15) is 0 Å². The van der Waals surface area contributed by atoms with Crippen LogP contribution in [0.2, 0.25) is 5.02 Å². The third-order valence-corrected chi connectivity index (χ3v) is 2.03. The fraction of sp³-hybridized carbons (Fsp3) is 0.300. The predicted molar refractivity (Wildman–Crippen MR) is 54.3 cm³/mol. The molecule has 0 aliphatic rings. The van der Waals surface area contributed by atoms with E-state index in [0.29, 0.717) is 17.9 Å². The summed E-state index contributed by atoms with van der Waals surface area (Å²) in [5.41, 5.74) is 0.341. The summed E-state index contributed by atoms with van der Waals surface area (Å²) in [5.74, 6) is 0.128. The first-order chi connectivity index (χ1) is 6.56. The van der Waals surface area contributed by atoms with E-state index < -0.39 is 0 Å². The number of halogens is 1. The van der Waals surface area contributed by atoms with E-state index in [1.165, 1.54) is 19.1 Å². The van der Waals surface area contributed by atoms with Gasteiger partial charge in [0.05, 0.1) is 17.2 Å². The molecular weight excluding hydrogens is 204 g/mol. The summed E-state index contributed by atoms with van der Waals surface area (Å²) in [6.07, 6.45) is 0. The molecule has 76 valence electrons. The second-order valence-electron chi connectivity index (χ2n) is 2.79. The topological polar surface area (TPSA) is 46.5 Å². The maximum absolute atomic E-state index is 11.2. The fourth-order valence-electron chi connectivity index (χ4n) is 1.09. The summed E-state index contributed by atoms with van der Waals surface area (Å²) < 4.78 is 5.22. The molecule has 1 N–H and O–H groups in total. The summed E-state index contributed by atoms with van der Waals surface area (Å²) in [6, 6.07) is 2.76. The van der Waals surface area contributed by atoms with Gasteiger partial charge < -0.3 is 9.84 Å². The van der Waals surface area contributed by atoms with Gasteiger partial charge in [0.2, 0.25) is 0 Å². The number of ether oxygens (including phenoxy) is 1. The van der Waals surface area contributed by atoms with Crippen molar-refractivity contribution in [3.05, 3.63) is 22.7 Å². The molecule has 0 atom stereocenters. The molecule has 4 heteroatoms. The van der Waals surface area contributed by atoms with Crippen molar-refractivity contribution >= 4 is 17.4 Å². The first-order valence-electron chi connectivity index (χ1n) is 4.22. The van der Waals surface area contributed by atoms with Crippen LogP contribution in [0.3, 0.4) is 0 Å². The highest BCUT2D eigenvalue weighted by atomic mass is 35.5. The molecule has 0 aliphatic carbocycles. The number of aromatic hydroxyl groups is 1. The number of hydrogen-bond donors (Lipinski definition) is 1. The number of ketones is 1. The third-order valence-electron chi connectivity index (χ3n) is 1.73. The molecule has 0 bridgehead atoms. The molecule has 1 rings (SSSR count). The zero-order valence-corrected chi connectivity index (χ0v) is 8.76. The Kier molecular flexibility index (Phi) is 3.36. The lowest BCUT2D eigenvalue weighted by atomic mass is 10.1. The van der Waals surface area contributed by atoms with Gasteiger partial charge in [-0.1, -0.05) is 11.6 Å². The van der Waals surface area contributed by atoms with Gasteiger partial charge >= 0.3 is 0 Å². The van der Waals surface area contributed by atoms with Crippen molar-refractivity contribution < 1.29 is 14.6 Å². The standard InChI is InChI=1S/C10H11ClO3/c1-3-14-10-5-8(11)9(13)4-7(10)6(2)12/h4-5,13H,3H2,1-2H3. The number of carbonyl (C=O) groups excluding carboxylic acids is 1. The van der Waals surface area contributed by atoms with Crippen LogP contribution < -0.4 is 4.74 Å². The van der Waals surface area contributed by atoms with Crippen LogP contribution in [0.5, 0.6) is 11.5 Å². The molecule has 1 aromatic carbocycles. The molecule has 3 nitrogen and oxygen atoms in total. The first kappa shape index (κ1) is 10.9.